The third-order valence-electron chi connectivity index (χ3n) is 4.64. The Bertz CT molecular complexity index is 777. The molecule has 1 saturated heterocycles. The van der Waals surface area contributed by atoms with Gasteiger partial charge in [-0.3, -0.25) is 9.58 Å². The minimum Gasteiger partial charge on any atom is -0.355 e. The van der Waals surface area contributed by atoms with E-state index in [1.807, 2.05) is 24.0 Å². The molecule has 1 unspecified atom stereocenters. The van der Waals surface area contributed by atoms with Crippen molar-refractivity contribution in [2.24, 2.45) is 7.05 Å². The Morgan fingerprint density at radius 2 is 2.29 bits per heavy atom. The van der Waals surface area contributed by atoms with Crippen LogP contribution in [0.25, 0.3) is 10.6 Å². The summed E-state index contributed by atoms with van der Waals surface area (Å²) >= 11 is 1.69. The van der Waals surface area contributed by atoms with Gasteiger partial charge in [0.15, 0.2) is 5.76 Å². The molecule has 1 aliphatic heterocycles. The predicted octanol–water partition coefficient (Wildman–Crippen LogP) is 4.25. The van der Waals surface area contributed by atoms with Crippen LogP contribution in [0.3, 0.4) is 0 Å². The fraction of sp³-hybridized carbons (Fsp3) is 0.444. The van der Waals surface area contributed by atoms with Crippen molar-refractivity contribution < 1.29 is 4.52 Å². The molecule has 6 heteroatoms. The lowest BCUT2D eigenvalue weighted by Crippen LogP contribution is -2.28. The van der Waals surface area contributed by atoms with Crippen molar-refractivity contribution in [1.82, 2.24) is 19.8 Å². The van der Waals surface area contributed by atoms with Crippen molar-refractivity contribution in [2.75, 3.05) is 6.54 Å². The van der Waals surface area contributed by atoms with Crippen LogP contribution >= 0.6 is 11.3 Å². The molecule has 1 fully saturated rings. The molecule has 0 spiro atoms. The van der Waals surface area contributed by atoms with Gasteiger partial charge in [0.25, 0.3) is 0 Å². The maximum Gasteiger partial charge on any atom is 0.177 e. The lowest BCUT2D eigenvalue weighted by atomic mass is 10.1. The van der Waals surface area contributed by atoms with Crippen molar-refractivity contribution in [1.29, 1.82) is 0 Å². The molecule has 126 valence electrons. The summed E-state index contributed by atoms with van der Waals surface area (Å²) in [5.41, 5.74) is 2.32. The second-order valence-corrected chi connectivity index (χ2v) is 7.40. The van der Waals surface area contributed by atoms with Crippen LogP contribution in [0, 0.1) is 0 Å². The molecule has 4 rings (SSSR count). The fourth-order valence-electron chi connectivity index (χ4n) is 3.46. The molecular formula is C18H22N4OS. The van der Waals surface area contributed by atoms with Crippen LogP contribution in [0.5, 0.6) is 0 Å². The molecule has 4 heterocycles. The Labute approximate surface area is 145 Å². The van der Waals surface area contributed by atoms with Crippen LogP contribution in [0.1, 0.15) is 43.0 Å². The Morgan fingerprint density at radius 1 is 1.33 bits per heavy atom. The quantitative estimate of drug-likeness (QED) is 0.711. The van der Waals surface area contributed by atoms with Gasteiger partial charge in [0.1, 0.15) is 5.69 Å². The van der Waals surface area contributed by atoms with E-state index in [-0.39, 0.29) is 0 Å². The number of nitrogens with zero attached hydrogens (tertiary/aromatic N) is 4. The van der Waals surface area contributed by atoms with Crippen molar-refractivity contribution >= 4 is 11.3 Å². The van der Waals surface area contributed by atoms with Crippen LogP contribution in [0.2, 0.25) is 0 Å². The van der Waals surface area contributed by atoms with E-state index in [0.717, 1.165) is 35.8 Å². The summed E-state index contributed by atoms with van der Waals surface area (Å²) in [4.78, 5) is 3.67. The van der Waals surface area contributed by atoms with Gasteiger partial charge in [0.05, 0.1) is 17.1 Å². The second-order valence-electron chi connectivity index (χ2n) is 6.45. The van der Waals surface area contributed by atoms with E-state index < -0.39 is 0 Å². The molecule has 0 N–H and O–H groups in total. The zero-order valence-electron chi connectivity index (χ0n) is 13.9. The van der Waals surface area contributed by atoms with E-state index in [0.29, 0.717) is 6.04 Å². The van der Waals surface area contributed by atoms with Crippen LogP contribution < -0.4 is 0 Å². The summed E-state index contributed by atoms with van der Waals surface area (Å²) in [7, 11) is 1.97. The number of aryl methyl sites for hydroxylation is 1. The highest BCUT2D eigenvalue weighted by molar-refractivity contribution is 7.13. The first kappa shape index (κ1) is 15.6. The average molecular weight is 342 g/mol. The molecule has 3 aromatic heterocycles. The lowest BCUT2D eigenvalue weighted by Gasteiger charge is -2.27. The first-order valence-electron chi connectivity index (χ1n) is 8.51. The molecule has 0 saturated carbocycles. The topological polar surface area (TPSA) is 47.1 Å². The highest BCUT2D eigenvalue weighted by Crippen LogP contribution is 2.34. The van der Waals surface area contributed by atoms with Gasteiger partial charge < -0.3 is 4.52 Å². The van der Waals surface area contributed by atoms with Crippen molar-refractivity contribution in [3.63, 3.8) is 0 Å². The Morgan fingerprint density at radius 3 is 3.08 bits per heavy atom. The van der Waals surface area contributed by atoms with Gasteiger partial charge in [-0.15, -0.1) is 11.3 Å². The molecule has 0 radical (unpaired) electrons. The number of rotatable bonds is 4. The van der Waals surface area contributed by atoms with E-state index in [4.69, 9.17) is 4.52 Å². The maximum atomic E-state index is 5.62. The molecule has 3 aromatic rings. The first-order valence-corrected chi connectivity index (χ1v) is 9.39. The molecule has 0 aromatic carbocycles. The highest BCUT2D eigenvalue weighted by Gasteiger charge is 2.26. The zero-order valence-corrected chi connectivity index (χ0v) is 14.7. The van der Waals surface area contributed by atoms with Gasteiger partial charge >= 0.3 is 0 Å². The molecule has 0 aliphatic carbocycles. The third-order valence-corrected chi connectivity index (χ3v) is 5.53. The molecule has 0 amide bonds. The van der Waals surface area contributed by atoms with Crippen LogP contribution in [-0.4, -0.2) is 26.4 Å². The molecule has 24 heavy (non-hydrogen) atoms. The summed E-state index contributed by atoms with van der Waals surface area (Å²) in [5, 5.41) is 10.8. The molecule has 0 bridgehead atoms. The van der Waals surface area contributed by atoms with E-state index in [1.165, 1.54) is 24.8 Å². The van der Waals surface area contributed by atoms with Crippen molar-refractivity contribution in [3.8, 4) is 10.6 Å². The van der Waals surface area contributed by atoms with Crippen LogP contribution in [0.15, 0.2) is 40.5 Å². The van der Waals surface area contributed by atoms with Crippen LogP contribution in [-0.2, 0) is 13.6 Å². The van der Waals surface area contributed by atoms with Gasteiger partial charge in [0.2, 0.25) is 0 Å². The lowest BCUT2D eigenvalue weighted by molar-refractivity contribution is 0.184. The van der Waals surface area contributed by atoms with E-state index >= 15 is 0 Å². The molecular weight excluding hydrogens is 320 g/mol. The second kappa shape index (κ2) is 6.91. The van der Waals surface area contributed by atoms with Gasteiger partial charge in [-0.25, -0.2) is 0 Å². The normalized spacial score (nSPS) is 19.5. The zero-order chi connectivity index (χ0) is 16.4. The summed E-state index contributed by atoms with van der Waals surface area (Å²) in [6.07, 6.45) is 8.97. The molecule has 1 atom stereocenters. The predicted molar refractivity (Wildman–Crippen MR) is 94.6 cm³/mol. The van der Waals surface area contributed by atoms with Crippen molar-refractivity contribution in [3.05, 3.63) is 47.2 Å². The molecule has 1 aliphatic rings. The number of hydrogen-bond donors (Lipinski definition) is 0. The van der Waals surface area contributed by atoms with E-state index in [9.17, 15) is 0 Å². The third kappa shape index (κ3) is 3.30. The van der Waals surface area contributed by atoms with E-state index in [1.54, 1.807) is 11.3 Å². The first-order chi connectivity index (χ1) is 11.8. The maximum absolute atomic E-state index is 5.62. The number of thiophene rings is 1. The summed E-state index contributed by atoms with van der Waals surface area (Å²) in [6.45, 7) is 2.01. The minimum atomic E-state index is 0.324. The monoisotopic (exact) mass is 342 g/mol. The standard InChI is InChI=1S/C18H22N4OS/c1-21-12-14(11-19-21)13-22-8-4-2-3-6-16(22)15-10-17(23-20-15)18-7-5-9-24-18/h5,7,9-12,16H,2-4,6,8,13H2,1H3. The van der Waals surface area contributed by atoms with E-state index in [2.05, 4.69) is 38.9 Å². The van der Waals surface area contributed by atoms with Crippen molar-refractivity contribution in [2.45, 2.75) is 38.3 Å². The SMILES string of the molecule is Cn1cc(CN2CCCCCC2c2cc(-c3cccs3)on2)cn1. The van der Waals surface area contributed by atoms with Crippen LogP contribution in [0.4, 0.5) is 0 Å². The van der Waals surface area contributed by atoms with Gasteiger partial charge in [-0.2, -0.15) is 5.10 Å². The highest BCUT2D eigenvalue weighted by atomic mass is 32.1. The van der Waals surface area contributed by atoms with Gasteiger partial charge in [-0.05, 0) is 30.8 Å². The Kier molecular flexibility index (Phi) is 4.49. The summed E-state index contributed by atoms with van der Waals surface area (Å²) in [6, 6.07) is 6.57. The average Bonchev–Trinajstić information content (AvgIpc) is 3.29. The Hall–Kier alpha value is -1.92. The summed E-state index contributed by atoms with van der Waals surface area (Å²) in [5.74, 6) is 0.880. The Balaban J connectivity index is 1.57. The van der Waals surface area contributed by atoms with Gasteiger partial charge in [-0.1, -0.05) is 24.1 Å². The number of likely N-dealkylation sites (tertiary alicyclic amines) is 1. The molecule has 5 nitrogen and oxygen atoms in total. The number of aromatic nitrogens is 3. The smallest absolute Gasteiger partial charge is 0.177 e. The minimum absolute atomic E-state index is 0.324. The fourth-order valence-corrected chi connectivity index (χ4v) is 4.13. The largest absolute Gasteiger partial charge is 0.355 e. The number of hydrogen-bond acceptors (Lipinski definition) is 5. The van der Waals surface area contributed by atoms with Gasteiger partial charge in [0, 0.05) is 31.4 Å². The summed E-state index contributed by atoms with van der Waals surface area (Å²) < 4.78 is 7.49.